The predicted octanol–water partition coefficient (Wildman–Crippen LogP) is 2.91. The molecule has 2 bridgehead atoms. The Morgan fingerprint density at radius 3 is 3.00 bits per heavy atom. The molecule has 11 heavy (non-hydrogen) atoms. The Bertz CT molecular complexity index is 219. The number of allylic oxidation sites excluding steroid dienone is 2. The molecule has 2 fully saturated rings. The van der Waals surface area contributed by atoms with E-state index in [1.54, 1.807) is 0 Å². The Morgan fingerprint density at radius 2 is 2.09 bits per heavy atom. The molecular weight excluding hydrogens is 139 g/mol. The summed E-state index contributed by atoms with van der Waals surface area (Å²) >= 11 is 0. The Balaban J connectivity index is 1.99. The molecule has 0 aliphatic heterocycles. The van der Waals surface area contributed by atoms with Crippen LogP contribution in [0.2, 0.25) is 0 Å². The molecule has 60 valence electrons. The van der Waals surface area contributed by atoms with E-state index >= 15 is 0 Å². The number of fused-ring (bicyclic) bond motifs is 5. The van der Waals surface area contributed by atoms with Crippen molar-refractivity contribution in [1.82, 2.24) is 0 Å². The molecule has 3 aliphatic rings. The van der Waals surface area contributed by atoms with Gasteiger partial charge < -0.3 is 0 Å². The largest absolute Gasteiger partial charge is 0.212 e. The Kier molecular flexibility index (Phi) is 1.06. The maximum Gasteiger partial charge on any atom is 0.0996 e. The van der Waals surface area contributed by atoms with Gasteiger partial charge in [-0.15, -0.1) is 0 Å². The first-order valence-corrected chi connectivity index (χ1v) is 4.73. The third kappa shape index (κ3) is 0.646. The Hall–Kier alpha value is -0.330. The van der Waals surface area contributed by atoms with Crippen LogP contribution in [0.3, 0.4) is 0 Å². The van der Waals surface area contributed by atoms with Crippen LogP contribution in [-0.2, 0) is 0 Å². The predicted molar refractivity (Wildman–Crippen MR) is 41.6 cm³/mol. The highest BCUT2D eigenvalue weighted by Crippen LogP contribution is 2.58. The zero-order valence-corrected chi connectivity index (χ0v) is 6.59. The van der Waals surface area contributed by atoms with Gasteiger partial charge in [-0.1, -0.05) is 6.42 Å². The van der Waals surface area contributed by atoms with E-state index in [0.717, 1.165) is 18.3 Å². The van der Waals surface area contributed by atoms with Gasteiger partial charge in [0.25, 0.3) is 0 Å². The molecule has 0 N–H and O–H groups in total. The maximum absolute atomic E-state index is 13.1. The molecule has 0 nitrogen and oxygen atoms in total. The third-order valence-electron chi connectivity index (χ3n) is 3.95. The molecule has 0 aromatic rings. The highest BCUT2D eigenvalue weighted by Gasteiger charge is 2.50. The van der Waals surface area contributed by atoms with Gasteiger partial charge in [0.15, 0.2) is 0 Å². The van der Waals surface area contributed by atoms with Crippen molar-refractivity contribution in [2.45, 2.75) is 25.7 Å². The second-order valence-electron chi connectivity index (χ2n) is 4.32. The summed E-state index contributed by atoms with van der Waals surface area (Å²) in [6, 6.07) is 0. The van der Waals surface area contributed by atoms with Crippen molar-refractivity contribution in [3.63, 3.8) is 0 Å². The lowest BCUT2D eigenvalue weighted by Gasteiger charge is -2.20. The molecule has 0 aromatic carbocycles. The minimum absolute atomic E-state index is 0.221. The summed E-state index contributed by atoms with van der Waals surface area (Å²) in [6.07, 6.45) is 7.06. The van der Waals surface area contributed by atoms with Crippen LogP contribution in [-0.4, -0.2) is 0 Å². The zero-order chi connectivity index (χ0) is 7.42. The van der Waals surface area contributed by atoms with Gasteiger partial charge in [0.2, 0.25) is 0 Å². The van der Waals surface area contributed by atoms with Crippen LogP contribution in [0.5, 0.6) is 0 Å². The fourth-order valence-electron chi connectivity index (χ4n) is 3.53. The van der Waals surface area contributed by atoms with Gasteiger partial charge in [-0.2, -0.15) is 0 Å². The molecule has 0 saturated heterocycles. The summed E-state index contributed by atoms with van der Waals surface area (Å²) in [4.78, 5) is 0. The summed E-state index contributed by atoms with van der Waals surface area (Å²) in [5, 5.41) is 0. The normalized spacial score (nSPS) is 53.0. The lowest BCUT2D eigenvalue weighted by Crippen LogP contribution is -2.14. The highest BCUT2D eigenvalue weighted by molar-refractivity contribution is 5.19. The molecule has 0 aromatic heterocycles. The Morgan fingerprint density at radius 1 is 1.27 bits per heavy atom. The van der Waals surface area contributed by atoms with Crippen molar-refractivity contribution in [1.29, 1.82) is 0 Å². The van der Waals surface area contributed by atoms with E-state index < -0.39 is 0 Å². The Labute approximate surface area is 66.5 Å². The lowest BCUT2D eigenvalue weighted by molar-refractivity contribution is 0.317. The van der Waals surface area contributed by atoms with Crippen molar-refractivity contribution in [3.05, 3.63) is 11.9 Å². The van der Waals surface area contributed by atoms with Gasteiger partial charge in [0.05, 0.1) is 5.83 Å². The van der Waals surface area contributed by atoms with Crippen LogP contribution in [0.15, 0.2) is 11.9 Å². The standard InChI is InChI=1S/C10H13F/c11-10-5-6-4-9(10)8-3-1-2-7(6)8/h5-9H,1-4H2/t6-,7-,8-,9-/m0/s1. The first kappa shape index (κ1) is 6.22. The summed E-state index contributed by atoms with van der Waals surface area (Å²) in [7, 11) is 0. The molecule has 2 saturated carbocycles. The minimum atomic E-state index is 0.221. The van der Waals surface area contributed by atoms with Crippen molar-refractivity contribution in [2.24, 2.45) is 23.7 Å². The lowest BCUT2D eigenvalue weighted by atomic mass is 9.85. The third-order valence-corrected chi connectivity index (χ3v) is 3.95. The summed E-state index contributed by atoms with van der Waals surface area (Å²) in [5.41, 5.74) is 0. The van der Waals surface area contributed by atoms with E-state index in [2.05, 4.69) is 0 Å². The van der Waals surface area contributed by atoms with Crippen molar-refractivity contribution in [2.75, 3.05) is 0 Å². The first-order chi connectivity index (χ1) is 5.36. The molecule has 0 unspecified atom stereocenters. The van der Waals surface area contributed by atoms with E-state index in [1.807, 2.05) is 6.08 Å². The quantitative estimate of drug-likeness (QED) is 0.500. The van der Waals surface area contributed by atoms with Gasteiger partial charge in [0.1, 0.15) is 0 Å². The summed E-state index contributed by atoms with van der Waals surface area (Å²) in [6.45, 7) is 0. The van der Waals surface area contributed by atoms with Gasteiger partial charge >= 0.3 is 0 Å². The van der Waals surface area contributed by atoms with E-state index in [1.165, 1.54) is 19.3 Å². The highest BCUT2D eigenvalue weighted by atomic mass is 19.1. The molecule has 0 amide bonds. The second kappa shape index (κ2) is 1.88. The second-order valence-corrected chi connectivity index (χ2v) is 4.32. The smallest absolute Gasteiger partial charge is 0.0996 e. The average Bonchev–Trinajstić information content (AvgIpc) is 2.52. The van der Waals surface area contributed by atoms with Crippen LogP contribution in [0, 0.1) is 23.7 Å². The van der Waals surface area contributed by atoms with Crippen LogP contribution in [0.25, 0.3) is 0 Å². The number of hydrogen-bond donors (Lipinski definition) is 0. The van der Waals surface area contributed by atoms with Gasteiger partial charge in [-0.3, -0.25) is 0 Å². The van der Waals surface area contributed by atoms with Crippen LogP contribution < -0.4 is 0 Å². The SMILES string of the molecule is FC1=C[C@@H]2C[C@H]1[C@H]1CCC[C@H]12. The molecule has 4 atom stereocenters. The summed E-state index contributed by atoms with van der Waals surface area (Å²) in [5.74, 6) is 2.82. The molecule has 3 rings (SSSR count). The van der Waals surface area contributed by atoms with Gasteiger partial charge in [-0.05, 0) is 43.1 Å². The topological polar surface area (TPSA) is 0 Å². The van der Waals surface area contributed by atoms with Gasteiger partial charge in [0, 0.05) is 5.92 Å². The average molecular weight is 152 g/mol. The van der Waals surface area contributed by atoms with Crippen LogP contribution in [0.1, 0.15) is 25.7 Å². The molecule has 1 heteroatoms. The number of rotatable bonds is 0. The van der Waals surface area contributed by atoms with E-state index in [9.17, 15) is 4.39 Å². The van der Waals surface area contributed by atoms with Crippen molar-refractivity contribution >= 4 is 0 Å². The molecular formula is C10H13F. The van der Waals surface area contributed by atoms with Crippen LogP contribution >= 0.6 is 0 Å². The summed E-state index contributed by atoms with van der Waals surface area (Å²) < 4.78 is 13.1. The first-order valence-electron chi connectivity index (χ1n) is 4.73. The monoisotopic (exact) mass is 152 g/mol. The fraction of sp³-hybridized carbons (Fsp3) is 0.800. The van der Waals surface area contributed by atoms with Crippen molar-refractivity contribution in [3.8, 4) is 0 Å². The van der Waals surface area contributed by atoms with E-state index in [4.69, 9.17) is 0 Å². The van der Waals surface area contributed by atoms with Gasteiger partial charge in [-0.25, -0.2) is 4.39 Å². The molecule has 0 radical (unpaired) electrons. The molecule has 0 heterocycles. The van der Waals surface area contributed by atoms with Crippen LogP contribution in [0.4, 0.5) is 4.39 Å². The van der Waals surface area contributed by atoms with Crippen molar-refractivity contribution < 1.29 is 4.39 Å². The maximum atomic E-state index is 13.1. The van der Waals surface area contributed by atoms with E-state index in [0.29, 0.717) is 11.8 Å². The number of halogens is 1. The fourth-order valence-corrected chi connectivity index (χ4v) is 3.53. The zero-order valence-electron chi connectivity index (χ0n) is 6.59. The number of hydrogen-bond acceptors (Lipinski definition) is 0. The molecule has 0 spiro atoms. The van der Waals surface area contributed by atoms with E-state index in [-0.39, 0.29) is 5.83 Å². The minimum Gasteiger partial charge on any atom is -0.212 e. The molecule has 3 aliphatic carbocycles.